The smallest absolute Gasteiger partial charge is 0.266 e. The van der Waals surface area contributed by atoms with E-state index in [2.05, 4.69) is 6.92 Å². The molecule has 2 heterocycles. The van der Waals surface area contributed by atoms with Gasteiger partial charge in [-0.3, -0.25) is 14.4 Å². The molecule has 0 saturated carbocycles. The maximum absolute atomic E-state index is 13.6. The number of hydroxylamine groups is 1. The van der Waals surface area contributed by atoms with Gasteiger partial charge in [-0.05, 0) is 53.9 Å². The number of rotatable bonds is 5. The lowest BCUT2D eigenvalue weighted by molar-refractivity contribution is -0.126. The van der Waals surface area contributed by atoms with Crippen molar-refractivity contribution in [3.63, 3.8) is 0 Å². The molecule has 0 aromatic heterocycles. The number of hydrogen-bond acceptors (Lipinski definition) is 5. The van der Waals surface area contributed by atoms with Crippen molar-refractivity contribution >= 4 is 23.2 Å². The van der Waals surface area contributed by atoms with Gasteiger partial charge in [0.1, 0.15) is 11.7 Å². The van der Waals surface area contributed by atoms with Gasteiger partial charge < -0.3 is 4.74 Å². The molecule has 162 valence electrons. The predicted molar refractivity (Wildman–Crippen MR) is 121 cm³/mol. The molecule has 0 bridgehead atoms. The van der Waals surface area contributed by atoms with E-state index < -0.39 is 18.1 Å². The van der Waals surface area contributed by atoms with Crippen molar-refractivity contribution in [2.45, 2.75) is 25.5 Å². The van der Waals surface area contributed by atoms with Crippen LogP contribution in [0.1, 0.15) is 24.1 Å². The van der Waals surface area contributed by atoms with Gasteiger partial charge in [0.25, 0.3) is 5.91 Å². The number of anilines is 2. The summed E-state index contributed by atoms with van der Waals surface area (Å²) in [4.78, 5) is 34.4. The molecule has 0 aliphatic carbocycles. The minimum atomic E-state index is -0.884. The molecule has 0 N–H and O–H groups in total. The van der Waals surface area contributed by atoms with Crippen LogP contribution in [0.25, 0.3) is 0 Å². The number of benzene rings is 3. The van der Waals surface area contributed by atoms with Crippen molar-refractivity contribution < 1.29 is 19.2 Å². The van der Waals surface area contributed by atoms with Crippen LogP contribution in [0.3, 0.4) is 0 Å². The number of hydrogen-bond donors (Lipinski definition) is 0. The average molecular weight is 428 g/mol. The van der Waals surface area contributed by atoms with E-state index in [0.29, 0.717) is 11.4 Å². The van der Waals surface area contributed by atoms with Gasteiger partial charge in [-0.15, -0.1) is 0 Å². The first kappa shape index (κ1) is 20.3. The summed E-state index contributed by atoms with van der Waals surface area (Å²) in [5.74, 6) is -0.575. The molecule has 2 aliphatic heterocycles. The number of carbonyl (C=O) groups is 2. The van der Waals surface area contributed by atoms with Crippen LogP contribution in [-0.2, 0) is 20.8 Å². The molecule has 6 heteroatoms. The Kier molecular flexibility index (Phi) is 5.15. The average Bonchev–Trinajstić information content (AvgIpc) is 3.36. The Morgan fingerprint density at radius 3 is 2.31 bits per heavy atom. The summed E-state index contributed by atoms with van der Waals surface area (Å²) in [5, 5.41) is 1.69. The van der Waals surface area contributed by atoms with Gasteiger partial charge in [-0.2, -0.15) is 0 Å². The van der Waals surface area contributed by atoms with Gasteiger partial charge in [0.2, 0.25) is 5.91 Å². The van der Waals surface area contributed by atoms with Gasteiger partial charge in [-0.25, -0.2) is 9.96 Å². The monoisotopic (exact) mass is 428 g/mol. The summed E-state index contributed by atoms with van der Waals surface area (Å²) >= 11 is 0. The summed E-state index contributed by atoms with van der Waals surface area (Å²) in [5.41, 5.74) is 3.36. The highest BCUT2D eigenvalue weighted by atomic mass is 16.7. The number of ether oxygens (including phenoxy) is 1. The summed E-state index contributed by atoms with van der Waals surface area (Å²) in [6, 6.07) is 24.2. The first-order chi connectivity index (χ1) is 15.6. The lowest BCUT2D eigenvalue weighted by Gasteiger charge is -2.29. The standard InChI is InChI=1S/C26H24N2O4/c1-3-17-12-14-19(15-13-17)27-25(29)22-23(18-8-7-11-21(16-18)31-2)28(32-24(22)26(27)30)20-9-5-4-6-10-20/h4-16,22-24H,3H2,1-2H3/t22-,23-,24-/m1/s1. The molecule has 0 radical (unpaired) electrons. The van der Waals surface area contributed by atoms with Crippen molar-refractivity contribution in [2.24, 2.45) is 5.92 Å². The highest BCUT2D eigenvalue weighted by molar-refractivity contribution is 6.23. The number of fused-ring (bicyclic) bond motifs is 1. The predicted octanol–water partition coefficient (Wildman–Crippen LogP) is 4.31. The van der Waals surface area contributed by atoms with Crippen LogP contribution in [0.15, 0.2) is 78.9 Å². The topological polar surface area (TPSA) is 59.1 Å². The van der Waals surface area contributed by atoms with E-state index in [-0.39, 0.29) is 11.8 Å². The molecule has 6 nitrogen and oxygen atoms in total. The van der Waals surface area contributed by atoms with E-state index in [1.165, 1.54) is 4.90 Å². The first-order valence-electron chi connectivity index (χ1n) is 10.7. The van der Waals surface area contributed by atoms with Crippen molar-refractivity contribution in [3.8, 4) is 5.75 Å². The molecule has 2 fully saturated rings. The second-order valence-electron chi connectivity index (χ2n) is 7.97. The van der Waals surface area contributed by atoms with Crippen molar-refractivity contribution in [1.82, 2.24) is 0 Å². The minimum absolute atomic E-state index is 0.254. The number of amides is 2. The molecule has 0 unspecified atom stereocenters. The molecule has 3 atom stereocenters. The van der Waals surface area contributed by atoms with Crippen LogP contribution >= 0.6 is 0 Å². The normalized spacial score (nSPS) is 22.4. The Hall–Kier alpha value is -3.64. The molecule has 3 aromatic carbocycles. The quantitative estimate of drug-likeness (QED) is 0.567. The van der Waals surface area contributed by atoms with E-state index in [9.17, 15) is 9.59 Å². The maximum atomic E-state index is 13.6. The van der Waals surface area contributed by atoms with Crippen molar-refractivity contribution in [2.75, 3.05) is 17.1 Å². The largest absolute Gasteiger partial charge is 0.497 e. The van der Waals surface area contributed by atoms with E-state index in [1.54, 1.807) is 12.2 Å². The Morgan fingerprint density at radius 1 is 0.875 bits per heavy atom. The van der Waals surface area contributed by atoms with Crippen molar-refractivity contribution in [3.05, 3.63) is 90.0 Å². The third kappa shape index (κ3) is 3.24. The van der Waals surface area contributed by atoms with Crippen LogP contribution in [0.5, 0.6) is 5.75 Å². The lowest BCUT2D eigenvalue weighted by Crippen LogP contribution is -2.37. The van der Waals surface area contributed by atoms with E-state index in [4.69, 9.17) is 9.57 Å². The number of nitrogens with zero attached hydrogens (tertiary/aromatic N) is 2. The zero-order valence-corrected chi connectivity index (χ0v) is 18.0. The van der Waals surface area contributed by atoms with Crippen LogP contribution in [0.2, 0.25) is 0 Å². The number of aryl methyl sites for hydroxylation is 1. The second-order valence-corrected chi connectivity index (χ2v) is 7.97. The highest BCUT2D eigenvalue weighted by Crippen LogP contribution is 2.47. The summed E-state index contributed by atoms with van der Waals surface area (Å²) in [6.07, 6.45) is 0.00489. The summed E-state index contributed by atoms with van der Waals surface area (Å²) in [6.45, 7) is 2.07. The van der Waals surface area contributed by atoms with Crippen LogP contribution in [0.4, 0.5) is 11.4 Å². The zero-order chi connectivity index (χ0) is 22.2. The third-order valence-corrected chi connectivity index (χ3v) is 6.16. The maximum Gasteiger partial charge on any atom is 0.266 e. The van der Waals surface area contributed by atoms with E-state index in [0.717, 1.165) is 23.2 Å². The van der Waals surface area contributed by atoms with E-state index in [1.807, 2.05) is 78.9 Å². The molecular weight excluding hydrogens is 404 g/mol. The minimum Gasteiger partial charge on any atom is -0.497 e. The molecular formula is C26H24N2O4. The van der Waals surface area contributed by atoms with Crippen molar-refractivity contribution in [1.29, 1.82) is 0 Å². The second kappa shape index (κ2) is 8.13. The highest BCUT2D eigenvalue weighted by Gasteiger charge is 2.60. The fourth-order valence-electron chi connectivity index (χ4n) is 4.51. The molecule has 5 rings (SSSR count). The number of methoxy groups -OCH3 is 1. The Bertz CT molecular complexity index is 1150. The molecule has 0 spiro atoms. The number of carbonyl (C=O) groups excluding carboxylic acids is 2. The van der Waals surface area contributed by atoms with Crippen LogP contribution in [0, 0.1) is 5.92 Å². The van der Waals surface area contributed by atoms with Crippen LogP contribution < -0.4 is 14.7 Å². The fraction of sp³-hybridized carbons (Fsp3) is 0.231. The SMILES string of the molecule is CCc1ccc(N2C(=O)[C@@H]3[C@@H](c4cccc(OC)c4)N(c4ccccc4)O[C@H]3C2=O)cc1. The van der Waals surface area contributed by atoms with E-state index >= 15 is 0 Å². The number of para-hydroxylation sites is 1. The molecule has 3 aromatic rings. The fourth-order valence-corrected chi connectivity index (χ4v) is 4.51. The zero-order valence-electron chi connectivity index (χ0n) is 18.0. The Balaban J connectivity index is 1.57. The molecule has 32 heavy (non-hydrogen) atoms. The Labute approximate surface area is 186 Å². The summed E-state index contributed by atoms with van der Waals surface area (Å²) < 4.78 is 5.41. The van der Waals surface area contributed by atoms with Gasteiger partial charge in [-0.1, -0.05) is 49.4 Å². The lowest BCUT2D eigenvalue weighted by atomic mass is 9.90. The molecule has 2 aliphatic rings. The van der Waals surface area contributed by atoms with Gasteiger partial charge in [0, 0.05) is 0 Å². The van der Waals surface area contributed by atoms with Gasteiger partial charge in [0.15, 0.2) is 6.10 Å². The molecule has 2 amide bonds. The van der Waals surface area contributed by atoms with Gasteiger partial charge in [0.05, 0.1) is 24.5 Å². The molecule has 2 saturated heterocycles. The Morgan fingerprint density at radius 2 is 1.62 bits per heavy atom. The summed E-state index contributed by atoms with van der Waals surface area (Å²) in [7, 11) is 1.61. The third-order valence-electron chi connectivity index (χ3n) is 6.16. The first-order valence-corrected chi connectivity index (χ1v) is 10.7. The number of imide groups is 1. The van der Waals surface area contributed by atoms with Gasteiger partial charge >= 0.3 is 0 Å². The van der Waals surface area contributed by atoms with Crippen LogP contribution in [-0.4, -0.2) is 25.0 Å².